The van der Waals surface area contributed by atoms with Crippen molar-refractivity contribution >= 4 is 5.91 Å². The van der Waals surface area contributed by atoms with E-state index in [9.17, 15) is 9.90 Å². The first-order chi connectivity index (χ1) is 11.7. The van der Waals surface area contributed by atoms with E-state index in [2.05, 4.69) is 15.6 Å². The third-order valence-corrected chi connectivity index (χ3v) is 3.59. The summed E-state index contributed by atoms with van der Waals surface area (Å²) in [5.74, 6) is -0.00842. The number of hydrogen-bond donors (Lipinski definition) is 2. The molecular weight excluding hydrogens is 304 g/mol. The Morgan fingerprint density at radius 3 is 2.54 bits per heavy atom. The maximum absolute atomic E-state index is 12.1. The minimum Gasteiger partial charge on any atom is -0.508 e. The summed E-state index contributed by atoms with van der Waals surface area (Å²) in [6, 6.07) is 16.8. The van der Waals surface area contributed by atoms with Crippen molar-refractivity contribution in [3.8, 4) is 5.75 Å². The van der Waals surface area contributed by atoms with Gasteiger partial charge >= 0.3 is 0 Å². The molecule has 0 spiro atoms. The van der Waals surface area contributed by atoms with Gasteiger partial charge < -0.3 is 10.4 Å². The van der Waals surface area contributed by atoms with Gasteiger partial charge in [-0.2, -0.15) is 0 Å². The molecule has 0 saturated carbocycles. The van der Waals surface area contributed by atoms with Crippen LogP contribution in [0.15, 0.2) is 60.8 Å². The van der Waals surface area contributed by atoms with Crippen LogP contribution in [0.2, 0.25) is 0 Å². The minimum absolute atomic E-state index is 0.234. The number of nitrogens with one attached hydrogen (secondary N) is 1. The van der Waals surface area contributed by atoms with Gasteiger partial charge in [-0.05, 0) is 29.7 Å². The number of aromatic hydroxyl groups is 1. The molecule has 0 radical (unpaired) electrons. The number of benzene rings is 2. The lowest BCUT2D eigenvalue weighted by Crippen LogP contribution is -2.26. The van der Waals surface area contributed by atoms with Crippen LogP contribution in [0.4, 0.5) is 0 Å². The molecule has 2 aromatic carbocycles. The fourth-order valence-corrected chi connectivity index (χ4v) is 2.32. The third-order valence-electron chi connectivity index (χ3n) is 3.59. The summed E-state index contributed by atoms with van der Waals surface area (Å²) in [5, 5.41) is 20.0. The fraction of sp³-hybridized carbons (Fsp3) is 0.167. The highest BCUT2D eigenvalue weighted by Gasteiger charge is 2.10. The second kappa shape index (κ2) is 7.41. The average molecular weight is 322 g/mol. The number of nitrogens with zero attached hydrogens (tertiary/aromatic N) is 3. The molecule has 3 aromatic rings. The summed E-state index contributed by atoms with van der Waals surface area (Å²) in [5.41, 5.74) is 2.44. The molecular formula is C18H18N4O2. The molecule has 0 aliphatic carbocycles. The van der Waals surface area contributed by atoms with Crippen molar-refractivity contribution < 1.29 is 9.90 Å². The number of phenolic OH excluding ortho intramolecular Hbond substituents is 1. The number of amides is 1. The molecule has 0 unspecified atom stereocenters. The van der Waals surface area contributed by atoms with Crippen molar-refractivity contribution in [3.63, 3.8) is 0 Å². The van der Waals surface area contributed by atoms with Gasteiger partial charge in [0.25, 0.3) is 5.91 Å². The van der Waals surface area contributed by atoms with E-state index < -0.39 is 0 Å². The molecule has 1 amide bonds. The fourth-order valence-electron chi connectivity index (χ4n) is 2.32. The molecule has 6 heteroatoms. The Morgan fingerprint density at radius 1 is 1.04 bits per heavy atom. The topological polar surface area (TPSA) is 80.0 Å². The van der Waals surface area contributed by atoms with Gasteiger partial charge in [0, 0.05) is 6.54 Å². The maximum atomic E-state index is 12.1. The van der Waals surface area contributed by atoms with Gasteiger partial charge in [0.15, 0.2) is 5.69 Å². The van der Waals surface area contributed by atoms with Crippen molar-refractivity contribution in [2.75, 3.05) is 6.54 Å². The molecule has 0 bridgehead atoms. The summed E-state index contributed by atoms with van der Waals surface area (Å²) < 4.78 is 1.64. The SMILES string of the molecule is O=C(NCCc1ccc(O)cc1)c1cn(Cc2ccccc2)nn1. The smallest absolute Gasteiger partial charge is 0.273 e. The summed E-state index contributed by atoms with van der Waals surface area (Å²) in [6.45, 7) is 1.07. The van der Waals surface area contributed by atoms with Gasteiger partial charge in [0.2, 0.25) is 0 Å². The van der Waals surface area contributed by atoms with Gasteiger partial charge in [0.05, 0.1) is 12.7 Å². The van der Waals surface area contributed by atoms with E-state index in [1.165, 1.54) is 0 Å². The quantitative estimate of drug-likeness (QED) is 0.727. The Morgan fingerprint density at radius 2 is 1.79 bits per heavy atom. The molecule has 0 saturated heterocycles. The van der Waals surface area contributed by atoms with Crippen LogP contribution in [-0.2, 0) is 13.0 Å². The lowest BCUT2D eigenvalue weighted by atomic mass is 10.1. The Hall–Kier alpha value is -3.15. The van der Waals surface area contributed by atoms with E-state index in [4.69, 9.17) is 0 Å². The third kappa shape index (κ3) is 4.19. The Kier molecular flexibility index (Phi) is 4.86. The van der Waals surface area contributed by atoms with E-state index in [1.54, 1.807) is 23.0 Å². The molecule has 3 rings (SSSR count). The van der Waals surface area contributed by atoms with Crippen LogP contribution >= 0.6 is 0 Å². The number of hydrogen-bond acceptors (Lipinski definition) is 4. The van der Waals surface area contributed by atoms with Crippen molar-refractivity contribution in [1.82, 2.24) is 20.3 Å². The molecule has 122 valence electrons. The zero-order chi connectivity index (χ0) is 16.8. The molecule has 6 nitrogen and oxygen atoms in total. The molecule has 0 aliphatic heterocycles. The minimum atomic E-state index is -0.243. The second-order valence-corrected chi connectivity index (χ2v) is 5.46. The van der Waals surface area contributed by atoms with Crippen LogP contribution in [0.25, 0.3) is 0 Å². The number of aromatic nitrogens is 3. The highest BCUT2D eigenvalue weighted by Crippen LogP contribution is 2.09. The lowest BCUT2D eigenvalue weighted by Gasteiger charge is -2.03. The van der Waals surface area contributed by atoms with Crippen molar-refractivity contribution in [3.05, 3.63) is 77.6 Å². The number of phenols is 1. The molecule has 1 heterocycles. The van der Waals surface area contributed by atoms with Gasteiger partial charge in [-0.1, -0.05) is 47.7 Å². The van der Waals surface area contributed by atoms with Crippen LogP contribution in [0.1, 0.15) is 21.6 Å². The van der Waals surface area contributed by atoms with E-state index in [1.807, 2.05) is 42.5 Å². The molecule has 0 aliphatic rings. The van der Waals surface area contributed by atoms with Crippen LogP contribution in [0, 0.1) is 0 Å². The average Bonchev–Trinajstić information content (AvgIpc) is 3.06. The first-order valence-corrected chi connectivity index (χ1v) is 7.71. The standard InChI is InChI=1S/C18H18N4O2/c23-16-8-6-14(7-9-16)10-11-19-18(24)17-13-22(21-20-17)12-15-4-2-1-3-5-15/h1-9,13,23H,10-12H2,(H,19,24). The predicted octanol–water partition coefficient (Wildman–Crippen LogP) is 2.00. The Bertz CT molecular complexity index is 797. The number of carbonyl (C=O) groups excluding carboxylic acids is 1. The van der Waals surface area contributed by atoms with Crippen LogP contribution in [0.5, 0.6) is 5.75 Å². The first-order valence-electron chi connectivity index (χ1n) is 7.71. The normalized spacial score (nSPS) is 10.5. The molecule has 0 atom stereocenters. The first kappa shape index (κ1) is 15.7. The molecule has 2 N–H and O–H groups in total. The summed E-state index contributed by atoms with van der Waals surface area (Å²) in [4.78, 5) is 12.1. The van der Waals surface area contributed by atoms with E-state index in [0.717, 1.165) is 11.1 Å². The predicted molar refractivity (Wildman–Crippen MR) is 89.7 cm³/mol. The van der Waals surface area contributed by atoms with E-state index in [0.29, 0.717) is 25.2 Å². The summed E-state index contributed by atoms with van der Waals surface area (Å²) >= 11 is 0. The molecule has 24 heavy (non-hydrogen) atoms. The Balaban J connectivity index is 1.51. The largest absolute Gasteiger partial charge is 0.508 e. The van der Waals surface area contributed by atoms with Gasteiger partial charge in [-0.15, -0.1) is 5.10 Å². The summed E-state index contributed by atoms with van der Waals surface area (Å²) in [7, 11) is 0. The zero-order valence-electron chi connectivity index (χ0n) is 13.1. The Labute approximate surface area is 139 Å². The van der Waals surface area contributed by atoms with Crippen LogP contribution in [-0.4, -0.2) is 32.6 Å². The van der Waals surface area contributed by atoms with Crippen molar-refractivity contribution in [2.24, 2.45) is 0 Å². The summed E-state index contributed by atoms with van der Waals surface area (Å²) in [6.07, 6.45) is 2.33. The molecule has 0 fully saturated rings. The highest BCUT2D eigenvalue weighted by molar-refractivity contribution is 5.91. The van der Waals surface area contributed by atoms with Crippen molar-refractivity contribution in [2.45, 2.75) is 13.0 Å². The van der Waals surface area contributed by atoms with Gasteiger partial charge in [-0.3, -0.25) is 4.79 Å². The van der Waals surface area contributed by atoms with Gasteiger partial charge in [0.1, 0.15) is 5.75 Å². The van der Waals surface area contributed by atoms with Gasteiger partial charge in [-0.25, -0.2) is 4.68 Å². The maximum Gasteiger partial charge on any atom is 0.273 e. The lowest BCUT2D eigenvalue weighted by molar-refractivity contribution is 0.0949. The van der Waals surface area contributed by atoms with E-state index >= 15 is 0 Å². The monoisotopic (exact) mass is 322 g/mol. The number of carbonyl (C=O) groups is 1. The zero-order valence-corrected chi connectivity index (χ0v) is 13.1. The number of rotatable bonds is 6. The van der Waals surface area contributed by atoms with Crippen LogP contribution < -0.4 is 5.32 Å². The van der Waals surface area contributed by atoms with Crippen molar-refractivity contribution in [1.29, 1.82) is 0 Å². The molecule has 1 aromatic heterocycles. The second-order valence-electron chi connectivity index (χ2n) is 5.46. The van der Waals surface area contributed by atoms with Crippen LogP contribution in [0.3, 0.4) is 0 Å². The van der Waals surface area contributed by atoms with E-state index in [-0.39, 0.29) is 11.7 Å². The highest BCUT2D eigenvalue weighted by atomic mass is 16.3.